The Morgan fingerprint density at radius 1 is 1.05 bits per heavy atom. The fourth-order valence-electron chi connectivity index (χ4n) is 2.95. The van der Waals surface area contributed by atoms with Gasteiger partial charge in [0.15, 0.2) is 0 Å². The van der Waals surface area contributed by atoms with Gasteiger partial charge in [0.1, 0.15) is 0 Å². The molecule has 1 aliphatic carbocycles. The largest absolute Gasteiger partial charge is 0.117 e. The molecule has 3 rings (SSSR count). The van der Waals surface area contributed by atoms with Crippen LogP contribution in [0.15, 0.2) is 42.5 Å². The summed E-state index contributed by atoms with van der Waals surface area (Å²) in [5.74, 6) is 1.15. The molecule has 3 atom stereocenters. The van der Waals surface area contributed by atoms with Crippen molar-refractivity contribution in [3.05, 3.63) is 69.7 Å². The molecular formula is C18H18Cl2. The highest BCUT2D eigenvalue weighted by molar-refractivity contribution is 6.31. The molecular weight excluding hydrogens is 287 g/mol. The van der Waals surface area contributed by atoms with Gasteiger partial charge < -0.3 is 0 Å². The van der Waals surface area contributed by atoms with E-state index in [4.69, 9.17) is 23.2 Å². The predicted octanol–water partition coefficient (Wildman–Crippen LogP) is 6.04. The predicted molar refractivity (Wildman–Crippen MR) is 86.8 cm³/mol. The summed E-state index contributed by atoms with van der Waals surface area (Å²) in [4.78, 5) is 0. The molecule has 2 aromatic carbocycles. The second-order valence-electron chi connectivity index (χ2n) is 5.78. The lowest BCUT2D eigenvalue weighted by Crippen LogP contribution is -1.99. The Kier molecular flexibility index (Phi) is 3.79. The normalized spacial score (nSPS) is 22.6. The SMILES string of the molecule is Cc1cc(C(Cl)C2CC2c2ccccc2)c(C)cc1Cl. The van der Waals surface area contributed by atoms with Gasteiger partial charge in [-0.15, -0.1) is 11.6 Å². The zero-order chi connectivity index (χ0) is 14.3. The van der Waals surface area contributed by atoms with Crippen molar-refractivity contribution in [1.29, 1.82) is 0 Å². The fraction of sp³-hybridized carbons (Fsp3) is 0.333. The van der Waals surface area contributed by atoms with Gasteiger partial charge >= 0.3 is 0 Å². The van der Waals surface area contributed by atoms with Crippen molar-refractivity contribution in [2.45, 2.75) is 31.6 Å². The number of aryl methyl sites for hydroxylation is 2. The Balaban J connectivity index is 1.82. The monoisotopic (exact) mass is 304 g/mol. The van der Waals surface area contributed by atoms with Crippen LogP contribution in [0.25, 0.3) is 0 Å². The summed E-state index contributed by atoms with van der Waals surface area (Å²) in [6.07, 6.45) is 1.18. The molecule has 0 radical (unpaired) electrons. The van der Waals surface area contributed by atoms with Crippen LogP contribution >= 0.6 is 23.2 Å². The van der Waals surface area contributed by atoms with Gasteiger partial charge in [0.05, 0.1) is 5.38 Å². The standard InChI is InChI=1S/C18H18Cl2/c1-11-9-17(19)12(2)8-14(11)18(20)16-10-15(16)13-6-4-3-5-7-13/h3-9,15-16,18H,10H2,1-2H3. The molecule has 2 heteroatoms. The average Bonchev–Trinajstić information content (AvgIpc) is 3.23. The van der Waals surface area contributed by atoms with Crippen molar-refractivity contribution < 1.29 is 0 Å². The number of rotatable bonds is 3. The number of hydrogen-bond donors (Lipinski definition) is 0. The second-order valence-corrected chi connectivity index (χ2v) is 6.65. The first-order valence-electron chi connectivity index (χ1n) is 7.03. The highest BCUT2D eigenvalue weighted by Crippen LogP contribution is 2.56. The van der Waals surface area contributed by atoms with Crippen LogP contribution in [-0.2, 0) is 0 Å². The molecule has 1 aliphatic rings. The molecule has 0 aromatic heterocycles. The molecule has 20 heavy (non-hydrogen) atoms. The maximum Gasteiger partial charge on any atom is 0.0622 e. The Hall–Kier alpha value is -0.980. The molecule has 0 saturated heterocycles. The van der Waals surface area contributed by atoms with Crippen LogP contribution in [0.1, 0.15) is 40.0 Å². The Labute approximate surface area is 130 Å². The minimum atomic E-state index is 0.0798. The van der Waals surface area contributed by atoms with Crippen LogP contribution in [0.3, 0.4) is 0 Å². The highest BCUT2D eigenvalue weighted by Gasteiger charge is 2.44. The van der Waals surface area contributed by atoms with Crippen LogP contribution in [0.4, 0.5) is 0 Å². The maximum absolute atomic E-state index is 6.73. The van der Waals surface area contributed by atoms with E-state index in [1.165, 1.54) is 23.1 Å². The zero-order valence-electron chi connectivity index (χ0n) is 11.7. The summed E-state index contributed by atoms with van der Waals surface area (Å²) in [6.45, 7) is 4.13. The summed E-state index contributed by atoms with van der Waals surface area (Å²) < 4.78 is 0. The first-order chi connectivity index (χ1) is 9.58. The van der Waals surface area contributed by atoms with Crippen LogP contribution in [0.5, 0.6) is 0 Å². The number of alkyl halides is 1. The van der Waals surface area contributed by atoms with Crippen molar-refractivity contribution in [2.24, 2.45) is 5.92 Å². The fourth-order valence-corrected chi connectivity index (χ4v) is 3.68. The van der Waals surface area contributed by atoms with Gasteiger partial charge in [-0.1, -0.05) is 48.0 Å². The minimum Gasteiger partial charge on any atom is -0.117 e. The van der Waals surface area contributed by atoms with Gasteiger partial charge in [-0.25, -0.2) is 0 Å². The summed E-state index contributed by atoms with van der Waals surface area (Å²) in [7, 11) is 0. The van der Waals surface area contributed by atoms with Gasteiger partial charge in [-0.2, -0.15) is 0 Å². The van der Waals surface area contributed by atoms with Gasteiger partial charge in [0.25, 0.3) is 0 Å². The molecule has 0 amide bonds. The number of benzene rings is 2. The van der Waals surface area contributed by atoms with Crippen molar-refractivity contribution in [3.8, 4) is 0 Å². The Bertz CT molecular complexity index is 619. The molecule has 104 valence electrons. The Morgan fingerprint density at radius 2 is 1.75 bits per heavy atom. The van der Waals surface area contributed by atoms with E-state index in [9.17, 15) is 0 Å². The molecule has 1 fully saturated rings. The lowest BCUT2D eigenvalue weighted by Gasteiger charge is -2.15. The molecule has 3 unspecified atom stereocenters. The van der Waals surface area contributed by atoms with E-state index in [1.54, 1.807) is 0 Å². The van der Waals surface area contributed by atoms with E-state index in [0.29, 0.717) is 11.8 Å². The van der Waals surface area contributed by atoms with Crippen LogP contribution in [-0.4, -0.2) is 0 Å². The van der Waals surface area contributed by atoms with Crippen molar-refractivity contribution in [2.75, 3.05) is 0 Å². The van der Waals surface area contributed by atoms with Crippen LogP contribution < -0.4 is 0 Å². The van der Waals surface area contributed by atoms with Gasteiger partial charge in [0, 0.05) is 5.02 Å². The maximum atomic E-state index is 6.73. The van der Waals surface area contributed by atoms with Gasteiger partial charge in [0.2, 0.25) is 0 Å². The van der Waals surface area contributed by atoms with Crippen LogP contribution in [0, 0.1) is 19.8 Å². The Morgan fingerprint density at radius 3 is 2.45 bits per heavy atom. The smallest absolute Gasteiger partial charge is 0.0622 e. The summed E-state index contributed by atoms with van der Waals surface area (Å²) in [6, 6.07) is 14.8. The van der Waals surface area contributed by atoms with E-state index in [2.05, 4.69) is 43.3 Å². The zero-order valence-corrected chi connectivity index (χ0v) is 13.2. The van der Waals surface area contributed by atoms with E-state index >= 15 is 0 Å². The van der Waals surface area contributed by atoms with E-state index in [0.717, 1.165) is 10.6 Å². The molecule has 2 aromatic rings. The number of halogens is 2. The van der Waals surface area contributed by atoms with Crippen molar-refractivity contribution in [1.82, 2.24) is 0 Å². The van der Waals surface area contributed by atoms with Gasteiger partial charge in [-0.05, 0) is 60.4 Å². The molecule has 0 aliphatic heterocycles. The average molecular weight is 305 g/mol. The molecule has 0 N–H and O–H groups in total. The third-order valence-electron chi connectivity index (χ3n) is 4.29. The summed E-state index contributed by atoms with van der Waals surface area (Å²) in [5.41, 5.74) is 4.94. The first-order valence-corrected chi connectivity index (χ1v) is 7.85. The molecule has 0 bridgehead atoms. The lowest BCUT2D eigenvalue weighted by atomic mass is 9.98. The van der Waals surface area contributed by atoms with Gasteiger partial charge in [-0.3, -0.25) is 0 Å². The first kappa shape index (κ1) is 14.0. The van der Waals surface area contributed by atoms with Crippen molar-refractivity contribution in [3.63, 3.8) is 0 Å². The third kappa shape index (κ3) is 2.60. The molecule has 0 spiro atoms. The third-order valence-corrected chi connectivity index (χ3v) is 5.25. The second kappa shape index (κ2) is 5.42. The quantitative estimate of drug-likeness (QED) is 0.606. The number of hydrogen-bond acceptors (Lipinski definition) is 0. The molecule has 1 saturated carbocycles. The van der Waals surface area contributed by atoms with E-state index < -0.39 is 0 Å². The summed E-state index contributed by atoms with van der Waals surface area (Å²) in [5, 5.41) is 0.904. The lowest BCUT2D eigenvalue weighted by molar-refractivity contribution is 0.759. The molecule has 0 heterocycles. The van der Waals surface area contributed by atoms with Crippen LogP contribution in [0.2, 0.25) is 5.02 Å². The van der Waals surface area contributed by atoms with E-state index in [-0.39, 0.29) is 5.38 Å². The minimum absolute atomic E-state index is 0.0798. The molecule has 0 nitrogen and oxygen atoms in total. The summed E-state index contributed by atoms with van der Waals surface area (Å²) >= 11 is 12.9. The van der Waals surface area contributed by atoms with E-state index in [1.807, 2.05) is 13.0 Å². The van der Waals surface area contributed by atoms with Crippen molar-refractivity contribution >= 4 is 23.2 Å². The highest BCUT2D eigenvalue weighted by atomic mass is 35.5. The topological polar surface area (TPSA) is 0 Å².